The Morgan fingerprint density at radius 1 is 0.833 bits per heavy atom. The molecule has 0 radical (unpaired) electrons. The number of rotatable bonds is 5. The molecule has 0 aliphatic carbocycles. The Labute approximate surface area is 178 Å². The molecule has 3 rings (SSSR count). The minimum atomic E-state index is -0.536. The first-order valence-corrected chi connectivity index (χ1v) is 10.1. The average molecular weight is 423 g/mol. The van der Waals surface area contributed by atoms with E-state index in [1.807, 2.05) is 20.8 Å². The van der Waals surface area contributed by atoms with Gasteiger partial charge in [-0.1, -0.05) is 26.8 Å². The van der Waals surface area contributed by atoms with Gasteiger partial charge in [-0.15, -0.1) is 11.3 Å². The summed E-state index contributed by atoms with van der Waals surface area (Å²) in [6.45, 7) is 5.46. The van der Waals surface area contributed by atoms with E-state index in [0.29, 0.717) is 27.6 Å². The minimum Gasteiger partial charge on any atom is -0.326 e. The van der Waals surface area contributed by atoms with Crippen molar-refractivity contribution in [2.75, 3.05) is 16.0 Å². The second-order valence-corrected chi connectivity index (χ2v) is 8.50. The smallest absolute Gasteiger partial charge is 0.257 e. The van der Waals surface area contributed by atoms with Gasteiger partial charge < -0.3 is 10.6 Å². The molecule has 0 saturated heterocycles. The van der Waals surface area contributed by atoms with Crippen molar-refractivity contribution in [3.05, 3.63) is 71.2 Å². The summed E-state index contributed by atoms with van der Waals surface area (Å²) >= 11 is 1.33. The minimum absolute atomic E-state index is 0.133. The fourth-order valence-corrected chi connectivity index (χ4v) is 2.94. The number of nitrogens with one attached hydrogen (secondary N) is 3. The van der Waals surface area contributed by atoms with Crippen LogP contribution in [0.2, 0.25) is 0 Å². The highest BCUT2D eigenvalue weighted by Gasteiger charge is 2.21. The van der Waals surface area contributed by atoms with Gasteiger partial charge in [-0.2, -0.15) is 0 Å². The first-order chi connectivity index (χ1) is 14.2. The van der Waals surface area contributed by atoms with E-state index in [0.717, 1.165) is 0 Å². The summed E-state index contributed by atoms with van der Waals surface area (Å²) in [6.07, 6.45) is 1.61. The summed E-state index contributed by atoms with van der Waals surface area (Å²) in [5.41, 5.74) is 1.43. The highest BCUT2D eigenvalue weighted by Crippen LogP contribution is 2.19. The molecule has 3 aromatic rings. The first-order valence-electron chi connectivity index (χ1n) is 9.26. The van der Waals surface area contributed by atoms with Gasteiger partial charge in [0.2, 0.25) is 5.91 Å². The summed E-state index contributed by atoms with van der Waals surface area (Å²) in [5.74, 6) is -0.723. The third-order valence-corrected chi connectivity index (χ3v) is 4.81. The molecule has 7 nitrogen and oxygen atoms in total. The highest BCUT2D eigenvalue weighted by molar-refractivity contribution is 7.13. The fraction of sp³-hybridized carbons (Fsp3) is 0.182. The normalized spacial score (nSPS) is 10.9. The van der Waals surface area contributed by atoms with Crippen molar-refractivity contribution in [3.63, 3.8) is 0 Å². The first kappa shape index (κ1) is 21.2. The van der Waals surface area contributed by atoms with Crippen LogP contribution in [0.5, 0.6) is 0 Å². The van der Waals surface area contributed by atoms with Gasteiger partial charge >= 0.3 is 0 Å². The zero-order valence-corrected chi connectivity index (χ0v) is 17.7. The molecule has 1 heterocycles. The number of hydrogen-bond donors (Lipinski definition) is 3. The van der Waals surface area contributed by atoms with Crippen LogP contribution in [0.4, 0.5) is 16.5 Å². The molecule has 0 unspecified atom stereocenters. The maximum atomic E-state index is 12.6. The van der Waals surface area contributed by atoms with Gasteiger partial charge in [-0.3, -0.25) is 19.7 Å². The molecule has 0 aliphatic heterocycles. The Morgan fingerprint density at radius 3 is 2.17 bits per heavy atom. The maximum Gasteiger partial charge on any atom is 0.257 e. The van der Waals surface area contributed by atoms with Crippen LogP contribution in [0.3, 0.4) is 0 Å². The van der Waals surface area contributed by atoms with Crippen LogP contribution in [-0.4, -0.2) is 22.7 Å². The van der Waals surface area contributed by atoms with E-state index in [2.05, 4.69) is 20.9 Å². The topological polar surface area (TPSA) is 100 Å². The van der Waals surface area contributed by atoms with Crippen LogP contribution in [-0.2, 0) is 4.79 Å². The summed E-state index contributed by atoms with van der Waals surface area (Å²) < 4.78 is 0. The summed E-state index contributed by atoms with van der Waals surface area (Å²) in [5, 5.41) is 10.6. The van der Waals surface area contributed by atoms with E-state index >= 15 is 0 Å². The number of anilines is 3. The highest BCUT2D eigenvalue weighted by atomic mass is 32.1. The van der Waals surface area contributed by atoms with Gasteiger partial charge in [0, 0.05) is 39.5 Å². The average Bonchev–Trinajstić information content (AvgIpc) is 3.21. The van der Waals surface area contributed by atoms with Crippen LogP contribution in [0, 0.1) is 5.41 Å². The van der Waals surface area contributed by atoms with Gasteiger partial charge in [-0.05, 0) is 42.5 Å². The van der Waals surface area contributed by atoms with E-state index in [1.54, 1.807) is 60.1 Å². The summed E-state index contributed by atoms with van der Waals surface area (Å²) in [7, 11) is 0. The molecule has 2 aromatic carbocycles. The number of hydrogen-bond acceptors (Lipinski definition) is 5. The molecule has 0 aliphatic rings. The maximum absolute atomic E-state index is 12.6. The third-order valence-electron chi connectivity index (χ3n) is 4.12. The Morgan fingerprint density at radius 2 is 1.53 bits per heavy atom. The molecule has 0 spiro atoms. The number of aromatic nitrogens is 1. The molecule has 0 fully saturated rings. The van der Waals surface area contributed by atoms with Crippen molar-refractivity contribution in [2.45, 2.75) is 20.8 Å². The second-order valence-electron chi connectivity index (χ2n) is 7.61. The molecule has 8 heteroatoms. The molecule has 0 saturated carbocycles. The second kappa shape index (κ2) is 8.87. The number of thiazole rings is 1. The van der Waals surface area contributed by atoms with Crippen molar-refractivity contribution in [2.24, 2.45) is 5.41 Å². The van der Waals surface area contributed by atoms with E-state index < -0.39 is 5.41 Å². The van der Waals surface area contributed by atoms with E-state index in [-0.39, 0.29) is 17.7 Å². The number of amides is 3. The number of benzene rings is 2. The van der Waals surface area contributed by atoms with Crippen LogP contribution in [0.1, 0.15) is 41.5 Å². The predicted molar refractivity (Wildman–Crippen MR) is 119 cm³/mol. The SMILES string of the molecule is CC(C)(C)C(=O)Nc1cccc(C(=O)Nc2ccc(C(=O)Nc3nccs3)cc2)c1. The molecule has 154 valence electrons. The number of nitrogens with zero attached hydrogens (tertiary/aromatic N) is 1. The lowest BCUT2D eigenvalue weighted by Crippen LogP contribution is -2.27. The van der Waals surface area contributed by atoms with Crippen molar-refractivity contribution in [3.8, 4) is 0 Å². The van der Waals surface area contributed by atoms with Crippen molar-refractivity contribution in [1.82, 2.24) is 4.98 Å². The zero-order valence-electron chi connectivity index (χ0n) is 16.9. The molecular weight excluding hydrogens is 400 g/mol. The van der Waals surface area contributed by atoms with Crippen molar-refractivity contribution >= 4 is 45.6 Å². The van der Waals surface area contributed by atoms with Gasteiger partial charge in [-0.25, -0.2) is 4.98 Å². The Balaban J connectivity index is 1.64. The summed E-state index contributed by atoms with van der Waals surface area (Å²) in [4.78, 5) is 40.9. The molecule has 0 atom stereocenters. The Hall–Kier alpha value is -3.52. The van der Waals surface area contributed by atoms with E-state index in [9.17, 15) is 14.4 Å². The lowest BCUT2D eigenvalue weighted by atomic mass is 9.95. The van der Waals surface area contributed by atoms with Gasteiger partial charge in [0.1, 0.15) is 0 Å². The van der Waals surface area contributed by atoms with Crippen LogP contribution in [0.25, 0.3) is 0 Å². The molecule has 1 aromatic heterocycles. The largest absolute Gasteiger partial charge is 0.326 e. The van der Waals surface area contributed by atoms with Crippen LogP contribution >= 0.6 is 11.3 Å². The predicted octanol–water partition coefficient (Wildman–Crippen LogP) is 4.63. The van der Waals surface area contributed by atoms with Gasteiger partial charge in [0.25, 0.3) is 11.8 Å². The third kappa shape index (κ3) is 5.51. The zero-order chi connectivity index (χ0) is 21.7. The van der Waals surface area contributed by atoms with E-state index in [1.165, 1.54) is 11.3 Å². The quantitative estimate of drug-likeness (QED) is 0.558. The fourth-order valence-electron chi connectivity index (χ4n) is 2.42. The summed E-state index contributed by atoms with van der Waals surface area (Å²) in [6, 6.07) is 13.3. The number of carbonyl (C=O) groups is 3. The van der Waals surface area contributed by atoms with Crippen molar-refractivity contribution in [1.29, 1.82) is 0 Å². The number of carbonyl (C=O) groups excluding carboxylic acids is 3. The van der Waals surface area contributed by atoms with Crippen LogP contribution < -0.4 is 16.0 Å². The molecular formula is C22H22N4O3S. The van der Waals surface area contributed by atoms with Gasteiger partial charge in [0.05, 0.1) is 0 Å². The van der Waals surface area contributed by atoms with Gasteiger partial charge in [0.15, 0.2) is 5.13 Å². The van der Waals surface area contributed by atoms with Crippen LogP contribution in [0.15, 0.2) is 60.1 Å². The molecule has 30 heavy (non-hydrogen) atoms. The molecule has 3 N–H and O–H groups in total. The van der Waals surface area contributed by atoms with E-state index in [4.69, 9.17) is 0 Å². The van der Waals surface area contributed by atoms with Crippen molar-refractivity contribution < 1.29 is 14.4 Å². The Bertz CT molecular complexity index is 1050. The lowest BCUT2D eigenvalue weighted by molar-refractivity contribution is -0.123. The molecule has 0 bridgehead atoms. The lowest BCUT2D eigenvalue weighted by Gasteiger charge is -2.18. The standard InChI is InChI=1S/C22H22N4O3S/c1-22(2,3)20(29)25-17-6-4-5-15(13-17)19(28)24-16-9-7-14(8-10-16)18(27)26-21-23-11-12-30-21/h4-13H,1-3H3,(H,24,28)(H,25,29)(H,23,26,27). The Kier molecular flexibility index (Phi) is 6.27. The monoisotopic (exact) mass is 422 g/mol. The molecule has 3 amide bonds.